The van der Waals surface area contributed by atoms with Crippen LogP contribution in [-0.2, 0) is 17.8 Å². The molecule has 1 aliphatic rings. The Kier molecular flexibility index (Phi) is 8.15. The number of amides is 1. The molecule has 0 spiro atoms. The van der Waals surface area contributed by atoms with Crippen molar-refractivity contribution >= 4 is 22.6 Å². The smallest absolute Gasteiger partial charge is 0.255 e. The SMILES string of the molecule is COc1cc(C)[nH]c(=O)c1CCC(=O)c1c(C)n([C@H](C)C2CCN(C(=O)Cn3ccnc3C)CC2)c2ccccc12. The largest absolute Gasteiger partial charge is 0.496 e. The number of carbonyl (C=O) groups excluding carboxylic acids is 2. The third-order valence-corrected chi connectivity index (χ3v) is 8.70. The standard InChI is InChI=1S/C32H39N5O4/c1-20-18-29(41-5)26(32(40)34-20)10-11-28(38)31-22(3)37(27-9-7-6-8-25(27)31)21(2)24-12-15-35(16-13-24)30(39)19-36-17-14-33-23(36)4/h6-9,14,17-18,21,24H,10-13,15-16,19H2,1-5H3,(H,34,40)/t21-/m1/s1. The number of hydrogen-bond donors (Lipinski definition) is 1. The van der Waals surface area contributed by atoms with Crippen LogP contribution in [0.4, 0.5) is 0 Å². The number of piperidine rings is 1. The van der Waals surface area contributed by atoms with Crippen LogP contribution < -0.4 is 10.3 Å². The third-order valence-electron chi connectivity index (χ3n) is 8.70. The van der Waals surface area contributed by atoms with Crippen LogP contribution in [0.3, 0.4) is 0 Å². The van der Waals surface area contributed by atoms with E-state index in [-0.39, 0.29) is 29.7 Å². The molecule has 9 nitrogen and oxygen atoms in total. The number of aryl methyl sites for hydroxylation is 2. The molecule has 1 saturated heterocycles. The van der Waals surface area contributed by atoms with Crippen LogP contribution in [0.5, 0.6) is 5.75 Å². The molecule has 216 valence electrons. The number of imidazole rings is 1. The van der Waals surface area contributed by atoms with Gasteiger partial charge in [-0.25, -0.2) is 4.98 Å². The first-order valence-electron chi connectivity index (χ1n) is 14.3. The summed E-state index contributed by atoms with van der Waals surface area (Å²) in [7, 11) is 1.54. The highest BCUT2D eigenvalue weighted by Crippen LogP contribution is 2.36. The van der Waals surface area contributed by atoms with Gasteiger partial charge in [-0.1, -0.05) is 18.2 Å². The molecular weight excluding hydrogens is 518 g/mol. The van der Waals surface area contributed by atoms with Gasteiger partial charge in [-0.2, -0.15) is 0 Å². The van der Waals surface area contributed by atoms with Crippen molar-refractivity contribution in [3.63, 3.8) is 0 Å². The van der Waals surface area contributed by atoms with E-state index < -0.39 is 0 Å². The number of H-pyrrole nitrogens is 1. The summed E-state index contributed by atoms with van der Waals surface area (Å²) in [6.45, 7) is 9.72. The fraction of sp³-hybridized carbons (Fsp3) is 0.438. The summed E-state index contributed by atoms with van der Waals surface area (Å²) in [5.74, 6) is 1.87. The molecule has 1 atom stereocenters. The van der Waals surface area contributed by atoms with Crippen LogP contribution in [0.15, 0.2) is 47.5 Å². The molecule has 0 aliphatic carbocycles. The van der Waals surface area contributed by atoms with Gasteiger partial charge in [0.05, 0.1) is 12.7 Å². The van der Waals surface area contributed by atoms with Crippen molar-refractivity contribution < 1.29 is 14.3 Å². The molecule has 0 radical (unpaired) electrons. The minimum atomic E-state index is -0.215. The van der Waals surface area contributed by atoms with Crippen molar-refractivity contribution in [2.45, 2.75) is 66.0 Å². The van der Waals surface area contributed by atoms with Gasteiger partial charge in [0.2, 0.25) is 5.91 Å². The molecule has 4 aromatic rings. The number of para-hydroxylation sites is 1. The molecule has 0 saturated carbocycles. The van der Waals surface area contributed by atoms with E-state index in [0.717, 1.165) is 59.6 Å². The van der Waals surface area contributed by atoms with Gasteiger partial charge in [-0.3, -0.25) is 14.4 Å². The summed E-state index contributed by atoms with van der Waals surface area (Å²) in [5, 5.41) is 0.940. The number of Topliss-reactive ketones (excluding diaryl/α,β-unsaturated/α-hetero) is 1. The van der Waals surface area contributed by atoms with Crippen LogP contribution in [0, 0.1) is 26.7 Å². The number of pyridine rings is 1. The molecule has 4 heterocycles. The van der Waals surface area contributed by atoms with Crippen LogP contribution in [0.25, 0.3) is 10.9 Å². The molecule has 1 amide bonds. The normalized spacial score (nSPS) is 14.9. The average Bonchev–Trinajstić information content (AvgIpc) is 3.50. The fourth-order valence-corrected chi connectivity index (χ4v) is 6.40. The highest BCUT2D eigenvalue weighted by molar-refractivity contribution is 6.09. The van der Waals surface area contributed by atoms with E-state index in [4.69, 9.17) is 4.74 Å². The number of ketones is 1. The lowest BCUT2D eigenvalue weighted by atomic mass is 9.89. The van der Waals surface area contributed by atoms with Gasteiger partial charge in [0.15, 0.2) is 5.78 Å². The maximum Gasteiger partial charge on any atom is 0.255 e. The van der Waals surface area contributed by atoms with Crippen LogP contribution in [0.1, 0.15) is 65.4 Å². The number of nitrogens with one attached hydrogen (secondary N) is 1. The van der Waals surface area contributed by atoms with E-state index in [1.54, 1.807) is 19.4 Å². The maximum atomic E-state index is 13.7. The molecule has 0 bridgehead atoms. The second kappa shape index (κ2) is 11.8. The van der Waals surface area contributed by atoms with Gasteiger partial charge < -0.3 is 23.8 Å². The highest BCUT2D eigenvalue weighted by Gasteiger charge is 2.30. The summed E-state index contributed by atoms with van der Waals surface area (Å²) in [6, 6.07) is 10.0. The number of aromatic nitrogens is 4. The highest BCUT2D eigenvalue weighted by atomic mass is 16.5. The predicted molar refractivity (Wildman–Crippen MR) is 159 cm³/mol. The average molecular weight is 558 g/mol. The molecular formula is C32H39N5O4. The van der Waals surface area contributed by atoms with Crippen LogP contribution in [0.2, 0.25) is 0 Å². The molecule has 1 aromatic carbocycles. The Morgan fingerprint density at radius 1 is 1.15 bits per heavy atom. The Labute approximate surface area is 240 Å². The number of hydrogen-bond acceptors (Lipinski definition) is 5. The van der Waals surface area contributed by atoms with Crippen LogP contribution in [-0.4, -0.2) is 55.9 Å². The Morgan fingerprint density at radius 2 is 1.88 bits per heavy atom. The summed E-state index contributed by atoms with van der Waals surface area (Å²) in [4.78, 5) is 48.2. The number of fused-ring (bicyclic) bond motifs is 1. The summed E-state index contributed by atoms with van der Waals surface area (Å²) in [6.07, 6.45) is 5.89. The number of aromatic amines is 1. The Bertz CT molecular complexity index is 1640. The zero-order valence-corrected chi connectivity index (χ0v) is 24.6. The summed E-state index contributed by atoms with van der Waals surface area (Å²) >= 11 is 0. The monoisotopic (exact) mass is 557 g/mol. The summed E-state index contributed by atoms with van der Waals surface area (Å²) in [5.41, 5.74) is 3.71. The minimum absolute atomic E-state index is 0.0156. The number of methoxy groups -OCH3 is 1. The number of likely N-dealkylation sites (tertiary alicyclic amines) is 1. The molecule has 3 aromatic heterocycles. The second-order valence-corrected chi connectivity index (χ2v) is 11.2. The van der Waals surface area contributed by atoms with Crippen LogP contribution >= 0.6 is 0 Å². The van der Waals surface area contributed by atoms with Crippen molar-refractivity contribution in [1.82, 2.24) is 24.0 Å². The van der Waals surface area contributed by atoms with E-state index in [0.29, 0.717) is 30.2 Å². The first-order valence-corrected chi connectivity index (χ1v) is 14.3. The number of ether oxygens (including phenoxy) is 1. The molecule has 1 fully saturated rings. The maximum absolute atomic E-state index is 13.7. The Hall–Kier alpha value is -4.14. The zero-order chi connectivity index (χ0) is 29.3. The van der Waals surface area contributed by atoms with Crippen molar-refractivity contribution in [2.24, 2.45) is 5.92 Å². The minimum Gasteiger partial charge on any atom is -0.496 e. The van der Waals surface area contributed by atoms with E-state index in [1.165, 1.54) is 0 Å². The first-order chi connectivity index (χ1) is 19.7. The molecule has 5 rings (SSSR count). The van der Waals surface area contributed by atoms with Gasteiger partial charge in [-0.15, -0.1) is 0 Å². The lowest BCUT2D eigenvalue weighted by molar-refractivity contribution is -0.133. The predicted octanol–water partition coefficient (Wildman–Crippen LogP) is 4.78. The van der Waals surface area contributed by atoms with E-state index >= 15 is 0 Å². The Balaban J connectivity index is 1.33. The zero-order valence-electron chi connectivity index (χ0n) is 24.6. The number of nitrogens with zero attached hydrogens (tertiary/aromatic N) is 4. The molecule has 0 unspecified atom stereocenters. The van der Waals surface area contributed by atoms with E-state index in [2.05, 4.69) is 27.5 Å². The Morgan fingerprint density at radius 3 is 2.56 bits per heavy atom. The topological polar surface area (TPSA) is 102 Å². The summed E-state index contributed by atoms with van der Waals surface area (Å²) < 4.78 is 9.62. The van der Waals surface area contributed by atoms with Gasteiger partial charge in [0.1, 0.15) is 18.1 Å². The van der Waals surface area contributed by atoms with E-state index in [9.17, 15) is 14.4 Å². The second-order valence-electron chi connectivity index (χ2n) is 11.2. The van der Waals surface area contributed by atoms with Crippen molar-refractivity contribution in [3.05, 3.63) is 81.4 Å². The van der Waals surface area contributed by atoms with Gasteiger partial charge in [0.25, 0.3) is 5.56 Å². The van der Waals surface area contributed by atoms with Crippen molar-refractivity contribution in [3.8, 4) is 5.75 Å². The van der Waals surface area contributed by atoms with Gasteiger partial charge in [-0.05, 0) is 65.0 Å². The first kappa shape index (κ1) is 28.4. The lowest BCUT2D eigenvalue weighted by Gasteiger charge is -2.36. The molecule has 1 N–H and O–H groups in total. The number of carbonyl (C=O) groups is 2. The molecule has 1 aliphatic heterocycles. The lowest BCUT2D eigenvalue weighted by Crippen LogP contribution is -2.41. The number of benzene rings is 1. The van der Waals surface area contributed by atoms with Crippen molar-refractivity contribution in [2.75, 3.05) is 20.2 Å². The van der Waals surface area contributed by atoms with E-state index in [1.807, 2.05) is 54.6 Å². The fourth-order valence-electron chi connectivity index (χ4n) is 6.40. The van der Waals surface area contributed by atoms with Crippen molar-refractivity contribution in [1.29, 1.82) is 0 Å². The quantitative estimate of drug-likeness (QED) is 0.299. The van der Waals surface area contributed by atoms with Gasteiger partial charge >= 0.3 is 0 Å². The van der Waals surface area contributed by atoms with Gasteiger partial charge in [0, 0.05) is 65.8 Å². The number of rotatable bonds is 9. The molecule has 9 heteroatoms. The molecule has 41 heavy (non-hydrogen) atoms. The third kappa shape index (κ3) is 5.58.